The summed E-state index contributed by atoms with van der Waals surface area (Å²) in [6.45, 7) is 0. The molecule has 2 aromatic carbocycles. The van der Waals surface area contributed by atoms with E-state index in [1.165, 1.54) is 23.1 Å². The molecule has 0 bridgehead atoms. The topological polar surface area (TPSA) is 108 Å². The number of aromatic nitrogens is 1. The minimum Gasteiger partial charge on any atom is -0.481 e. The molecular formula is C25H23N3O4S2. The lowest BCUT2D eigenvalue weighted by molar-refractivity contribution is -0.146. The predicted octanol–water partition coefficient (Wildman–Crippen LogP) is 5.15. The minimum absolute atomic E-state index is 0.151. The molecule has 1 heterocycles. The highest BCUT2D eigenvalue weighted by Gasteiger charge is 2.33. The Morgan fingerprint density at radius 2 is 1.68 bits per heavy atom. The van der Waals surface area contributed by atoms with Gasteiger partial charge in [-0.2, -0.15) is 0 Å². The van der Waals surface area contributed by atoms with Gasteiger partial charge in [-0.05, 0) is 37.1 Å². The second-order valence-electron chi connectivity index (χ2n) is 7.75. The van der Waals surface area contributed by atoms with Gasteiger partial charge in [0, 0.05) is 21.5 Å². The third kappa shape index (κ3) is 6.12. The van der Waals surface area contributed by atoms with Gasteiger partial charge < -0.3 is 15.7 Å². The maximum atomic E-state index is 12.6. The number of nitrogens with zero attached hydrogens (tertiary/aromatic N) is 1. The second kappa shape index (κ2) is 11.1. The van der Waals surface area contributed by atoms with Crippen molar-refractivity contribution in [3.63, 3.8) is 0 Å². The number of benzene rings is 2. The lowest BCUT2D eigenvalue weighted by atomic mass is 9.82. The molecule has 1 aromatic heterocycles. The average Bonchev–Trinajstić information content (AvgIpc) is 3.32. The van der Waals surface area contributed by atoms with Crippen LogP contribution < -0.4 is 10.6 Å². The number of nitrogens with one attached hydrogen (secondary N) is 2. The van der Waals surface area contributed by atoms with E-state index >= 15 is 0 Å². The van der Waals surface area contributed by atoms with Gasteiger partial charge in [0.2, 0.25) is 11.8 Å². The lowest BCUT2D eigenvalue weighted by Gasteiger charge is -2.24. The lowest BCUT2D eigenvalue weighted by Crippen LogP contribution is -2.34. The number of aliphatic carboxylic acids is 1. The van der Waals surface area contributed by atoms with Gasteiger partial charge in [0.25, 0.3) is 0 Å². The molecule has 34 heavy (non-hydrogen) atoms. The van der Waals surface area contributed by atoms with Gasteiger partial charge in [-0.3, -0.25) is 14.4 Å². The molecule has 0 aliphatic heterocycles. The second-order valence-corrected chi connectivity index (χ2v) is 9.66. The zero-order valence-corrected chi connectivity index (χ0v) is 19.8. The van der Waals surface area contributed by atoms with Crippen molar-refractivity contribution in [2.45, 2.75) is 17.7 Å². The van der Waals surface area contributed by atoms with Crippen LogP contribution in [0.15, 0.2) is 77.0 Å². The van der Waals surface area contributed by atoms with Gasteiger partial charge in [0.1, 0.15) is 0 Å². The van der Waals surface area contributed by atoms with Gasteiger partial charge in [-0.25, -0.2) is 4.98 Å². The van der Waals surface area contributed by atoms with E-state index in [4.69, 9.17) is 0 Å². The monoisotopic (exact) mass is 493 g/mol. The molecule has 9 heteroatoms. The summed E-state index contributed by atoms with van der Waals surface area (Å²) in [5, 5.41) is 17.5. The molecule has 2 unspecified atom stereocenters. The van der Waals surface area contributed by atoms with Crippen molar-refractivity contribution in [2.75, 3.05) is 16.4 Å². The van der Waals surface area contributed by atoms with E-state index in [9.17, 15) is 19.5 Å². The van der Waals surface area contributed by atoms with Gasteiger partial charge in [0.05, 0.1) is 23.3 Å². The Balaban J connectivity index is 1.26. The van der Waals surface area contributed by atoms with Crippen molar-refractivity contribution in [1.29, 1.82) is 0 Å². The van der Waals surface area contributed by atoms with E-state index in [-0.39, 0.29) is 17.6 Å². The van der Waals surface area contributed by atoms with Crippen LogP contribution in [0, 0.1) is 11.8 Å². The van der Waals surface area contributed by atoms with Crippen molar-refractivity contribution in [3.05, 3.63) is 72.1 Å². The predicted molar refractivity (Wildman–Crippen MR) is 135 cm³/mol. The number of thioether (sulfide) groups is 1. The number of amides is 2. The molecule has 2 amide bonds. The van der Waals surface area contributed by atoms with Gasteiger partial charge in [0.15, 0.2) is 5.13 Å². The summed E-state index contributed by atoms with van der Waals surface area (Å²) in [7, 11) is 0. The third-order valence-electron chi connectivity index (χ3n) is 5.40. The highest BCUT2D eigenvalue weighted by molar-refractivity contribution is 8.00. The van der Waals surface area contributed by atoms with Crippen LogP contribution in [0.5, 0.6) is 0 Å². The fourth-order valence-electron chi connectivity index (χ4n) is 3.62. The Hall–Kier alpha value is -3.43. The standard InChI is InChI=1S/C25H23N3O4S2/c29-22(28-25-27-21(14-34-25)16-6-2-1-3-7-16)15-33-18-12-10-17(11-13-18)26-23(30)19-8-4-5-9-20(19)24(31)32/h1-7,10-14,19-20H,8-9,15H2,(H,26,30)(H,31,32)(H,27,28,29). The Bertz CT molecular complexity index is 1190. The number of allylic oxidation sites excluding steroid dienone is 2. The number of anilines is 2. The maximum absolute atomic E-state index is 12.6. The number of carboxylic acids is 1. The summed E-state index contributed by atoms with van der Waals surface area (Å²) >= 11 is 2.76. The van der Waals surface area contributed by atoms with Crippen LogP contribution in [0.25, 0.3) is 11.3 Å². The molecule has 7 nitrogen and oxygen atoms in total. The molecule has 1 aliphatic carbocycles. The van der Waals surface area contributed by atoms with E-state index in [1.54, 1.807) is 18.2 Å². The minimum atomic E-state index is -0.955. The van der Waals surface area contributed by atoms with Gasteiger partial charge in [-0.1, -0.05) is 42.5 Å². The highest BCUT2D eigenvalue weighted by Crippen LogP contribution is 2.28. The van der Waals surface area contributed by atoms with Crippen LogP contribution in [-0.4, -0.2) is 33.6 Å². The van der Waals surface area contributed by atoms with Crippen LogP contribution >= 0.6 is 23.1 Å². The molecule has 1 aliphatic rings. The molecular weight excluding hydrogens is 470 g/mol. The van der Waals surface area contributed by atoms with Crippen molar-refractivity contribution >= 4 is 51.7 Å². The molecule has 4 rings (SSSR count). The summed E-state index contributed by atoms with van der Waals surface area (Å²) in [6.07, 6.45) is 4.43. The van der Waals surface area contributed by atoms with E-state index in [1.807, 2.05) is 53.9 Å². The van der Waals surface area contributed by atoms with Crippen molar-refractivity contribution in [3.8, 4) is 11.3 Å². The number of hydrogen-bond acceptors (Lipinski definition) is 6. The molecule has 3 aromatic rings. The molecule has 0 saturated heterocycles. The number of carbonyl (C=O) groups excluding carboxylic acids is 2. The van der Waals surface area contributed by atoms with Gasteiger partial charge in [-0.15, -0.1) is 23.1 Å². The van der Waals surface area contributed by atoms with Crippen LogP contribution in [0.3, 0.4) is 0 Å². The highest BCUT2D eigenvalue weighted by atomic mass is 32.2. The van der Waals surface area contributed by atoms with Crippen LogP contribution in [-0.2, 0) is 14.4 Å². The number of carbonyl (C=O) groups is 3. The molecule has 0 radical (unpaired) electrons. The molecule has 2 atom stereocenters. The first-order valence-corrected chi connectivity index (χ1v) is 12.6. The average molecular weight is 494 g/mol. The van der Waals surface area contributed by atoms with Crippen molar-refractivity contribution < 1.29 is 19.5 Å². The Morgan fingerprint density at radius 3 is 2.38 bits per heavy atom. The molecule has 0 saturated carbocycles. The first-order chi connectivity index (χ1) is 16.5. The number of thiazole rings is 1. The fourth-order valence-corrected chi connectivity index (χ4v) is 5.06. The van der Waals surface area contributed by atoms with E-state index < -0.39 is 17.8 Å². The quantitative estimate of drug-likeness (QED) is 0.296. The summed E-state index contributed by atoms with van der Waals surface area (Å²) in [6, 6.07) is 16.9. The maximum Gasteiger partial charge on any atom is 0.307 e. The summed E-state index contributed by atoms with van der Waals surface area (Å²) in [5.41, 5.74) is 2.41. The molecule has 0 fully saturated rings. The van der Waals surface area contributed by atoms with E-state index in [0.717, 1.165) is 16.2 Å². The van der Waals surface area contributed by atoms with Crippen molar-refractivity contribution in [2.24, 2.45) is 11.8 Å². The fraction of sp³-hybridized carbons (Fsp3) is 0.200. The largest absolute Gasteiger partial charge is 0.481 e. The van der Waals surface area contributed by atoms with Crippen LogP contribution in [0.1, 0.15) is 12.8 Å². The van der Waals surface area contributed by atoms with E-state index in [0.29, 0.717) is 23.7 Å². The Morgan fingerprint density at radius 1 is 0.971 bits per heavy atom. The Labute approximate surface area is 205 Å². The molecule has 174 valence electrons. The molecule has 3 N–H and O–H groups in total. The third-order valence-corrected chi connectivity index (χ3v) is 7.17. The smallest absolute Gasteiger partial charge is 0.307 e. The van der Waals surface area contributed by atoms with Gasteiger partial charge >= 0.3 is 5.97 Å². The van der Waals surface area contributed by atoms with Crippen LogP contribution in [0.2, 0.25) is 0 Å². The van der Waals surface area contributed by atoms with E-state index in [2.05, 4.69) is 15.6 Å². The van der Waals surface area contributed by atoms with Crippen LogP contribution in [0.4, 0.5) is 10.8 Å². The van der Waals surface area contributed by atoms with Crippen molar-refractivity contribution in [1.82, 2.24) is 4.98 Å². The number of hydrogen-bond donors (Lipinski definition) is 3. The zero-order chi connectivity index (χ0) is 23.9. The first kappa shape index (κ1) is 23.7. The zero-order valence-electron chi connectivity index (χ0n) is 18.1. The number of rotatable bonds is 8. The number of carboxylic acid groups (broad SMARTS) is 1. The normalized spacial score (nSPS) is 17.2. The Kier molecular flexibility index (Phi) is 7.76. The SMILES string of the molecule is O=C(CSc1ccc(NC(=O)C2CC=CCC2C(=O)O)cc1)Nc1nc(-c2ccccc2)cs1. The first-order valence-electron chi connectivity index (χ1n) is 10.7. The molecule has 0 spiro atoms. The summed E-state index contributed by atoms with van der Waals surface area (Å²) in [4.78, 5) is 41.7. The summed E-state index contributed by atoms with van der Waals surface area (Å²) < 4.78 is 0. The summed E-state index contributed by atoms with van der Waals surface area (Å²) in [5.74, 6) is -2.48.